The van der Waals surface area contributed by atoms with Gasteiger partial charge in [0.2, 0.25) is 5.91 Å². The molecule has 0 saturated carbocycles. The number of benzene rings is 1. The first kappa shape index (κ1) is 21.3. The predicted molar refractivity (Wildman–Crippen MR) is 126 cm³/mol. The molecule has 164 valence electrons. The minimum absolute atomic E-state index is 0.237. The van der Waals surface area contributed by atoms with Crippen LogP contribution in [-0.4, -0.2) is 51.8 Å². The zero-order valence-electron chi connectivity index (χ0n) is 19.4. The second-order valence-electron chi connectivity index (χ2n) is 8.93. The van der Waals surface area contributed by atoms with Crippen LogP contribution in [0.15, 0.2) is 30.5 Å². The van der Waals surface area contributed by atoms with Crippen LogP contribution in [0.25, 0.3) is 11.0 Å². The number of aromatic nitrogens is 3. The summed E-state index contributed by atoms with van der Waals surface area (Å²) in [6.45, 7) is 13.9. The van der Waals surface area contributed by atoms with E-state index in [0.717, 1.165) is 49.3 Å². The first-order chi connectivity index (χ1) is 14.8. The molecule has 6 heteroatoms. The van der Waals surface area contributed by atoms with E-state index in [4.69, 9.17) is 4.98 Å². The fraction of sp³-hybridized carbons (Fsp3) is 0.480. The molecule has 6 nitrogen and oxygen atoms in total. The molecule has 31 heavy (non-hydrogen) atoms. The van der Waals surface area contributed by atoms with Crippen LogP contribution >= 0.6 is 0 Å². The highest BCUT2D eigenvalue weighted by atomic mass is 16.2. The maximum Gasteiger partial charge on any atom is 0.223 e. The van der Waals surface area contributed by atoms with Crippen LogP contribution in [0.4, 0.5) is 5.69 Å². The zero-order chi connectivity index (χ0) is 22.1. The first-order valence-corrected chi connectivity index (χ1v) is 11.3. The second-order valence-corrected chi connectivity index (χ2v) is 8.93. The van der Waals surface area contributed by atoms with Gasteiger partial charge in [0.1, 0.15) is 0 Å². The summed E-state index contributed by atoms with van der Waals surface area (Å²) in [4.78, 5) is 22.1. The summed E-state index contributed by atoms with van der Waals surface area (Å²) in [6, 6.07) is 8.86. The van der Waals surface area contributed by atoms with E-state index in [-0.39, 0.29) is 11.9 Å². The van der Waals surface area contributed by atoms with Crippen LogP contribution < -0.4 is 4.90 Å². The van der Waals surface area contributed by atoms with E-state index in [1.807, 2.05) is 22.7 Å². The highest BCUT2D eigenvalue weighted by Crippen LogP contribution is 2.26. The van der Waals surface area contributed by atoms with Crippen molar-refractivity contribution in [3.8, 4) is 0 Å². The van der Waals surface area contributed by atoms with Gasteiger partial charge in [0.25, 0.3) is 0 Å². The van der Waals surface area contributed by atoms with E-state index in [9.17, 15) is 4.79 Å². The number of aryl methyl sites for hydroxylation is 3. The number of rotatable bonds is 5. The van der Waals surface area contributed by atoms with E-state index in [1.165, 1.54) is 22.4 Å². The highest BCUT2D eigenvalue weighted by molar-refractivity contribution is 5.81. The molecule has 0 aliphatic carbocycles. The molecule has 1 aliphatic heterocycles. The van der Waals surface area contributed by atoms with E-state index < -0.39 is 0 Å². The van der Waals surface area contributed by atoms with Crippen molar-refractivity contribution in [2.75, 3.05) is 31.1 Å². The Morgan fingerprint density at radius 2 is 1.84 bits per heavy atom. The minimum Gasteiger partial charge on any atom is -0.368 e. The summed E-state index contributed by atoms with van der Waals surface area (Å²) in [5, 5.41) is 5.61. The van der Waals surface area contributed by atoms with Gasteiger partial charge in [0.15, 0.2) is 5.65 Å². The Hall–Kier alpha value is -2.89. The molecule has 0 bridgehead atoms. The van der Waals surface area contributed by atoms with Gasteiger partial charge in [-0.3, -0.25) is 4.79 Å². The van der Waals surface area contributed by atoms with Gasteiger partial charge < -0.3 is 9.80 Å². The summed E-state index contributed by atoms with van der Waals surface area (Å²) >= 11 is 0. The Morgan fingerprint density at radius 3 is 2.52 bits per heavy atom. The number of pyridine rings is 1. The number of amides is 1. The van der Waals surface area contributed by atoms with Gasteiger partial charge in [-0.15, -0.1) is 0 Å². The van der Waals surface area contributed by atoms with Crippen LogP contribution in [0.2, 0.25) is 0 Å². The van der Waals surface area contributed by atoms with E-state index in [0.29, 0.717) is 6.42 Å². The normalized spacial score (nSPS) is 14.6. The molecule has 0 spiro atoms. The Labute approximate surface area is 184 Å². The number of nitrogens with zero attached hydrogens (tertiary/aromatic N) is 5. The third-order valence-corrected chi connectivity index (χ3v) is 6.41. The lowest BCUT2D eigenvalue weighted by Gasteiger charge is -2.36. The molecule has 2 aromatic heterocycles. The molecule has 0 radical (unpaired) electrons. The van der Waals surface area contributed by atoms with Crippen LogP contribution in [0.1, 0.15) is 48.7 Å². The number of hydrogen-bond acceptors (Lipinski definition) is 4. The molecule has 1 aliphatic rings. The molecule has 0 N–H and O–H groups in total. The predicted octanol–water partition coefficient (Wildman–Crippen LogP) is 4.22. The van der Waals surface area contributed by atoms with Gasteiger partial charge in [-0.25, -0.2) is 9.67 Å². The summed E-state index contributed by atoms with van der Waals surface area (Å²) < 4.78 is 1.97. The van der Waals surface area contributed by atoms with Crippen LogP contribution in [0, 0.1) is 20.8 Å². The number of hydrogen-bond donors (Lipinski definition) is 0. The van der Waals surface area contributed by atoms with Crippen LogP contribution in [0.3, 0.4) is 0 Å². The lowest BCUT2D eigenvalue weighted by Crippen LogP contribution is -2.48. The summed E-state index contributed by atoms with van der Waals surface area (Å²) in [7, 11) is 0. The number of carbonyl (C=O) groups excluding carboxylic acids is 1. The molecule has 0 atom stereocenters. The molecule has 4 rings (SSSR count). The van der Waals surface area contributed by atoms with Crippen LogP contribution in [0.5, 0.6) is 0 Å². The SMILES string of the molecule is Cc1cccc(N2CCN(C(=O)CCc3c(C)nc4c(cnn4C(C)C)c3C)CC2)c1. The molecule has 3 heterocycles. The molecule has 1 amide bonds. The topological polar surface area (TPSA) is 54.3 Å². The van der Waals surface area contributed by atoms with Gasteiger partial charge in [-0.1, -0.05) is 12.1 Å². The van der Waals surface area contributed by atoms with Gasteiger partial charge >= 0.3 is 0 Å². The fourth-order valence-corrected chi connectivity index (χ4v) is 4.57. The Kier molecular flexibility index (Phi) is 5.99. The van der Waals surface area contributed by atoms with Crippen molar-refractivity contribution in [3.05, 3.63) is 52.8 Å². The lowest BCUT2D eigenvalue weighted by atomic mass is 10.00. The van der Waals surface area contributed by atoms with E-state index >= 15 is 0 Å². The number of anilines is 1. The van der Waals surface area contributed by atoms with Gasteiger partial charge in [0, 0.05) is 55.4 Å². The van der Waals surface area contributed by atoms with Crippen molar-refractivity contribution in [1.82, 2.24) is 19.7 Å². The summed E-state index contributed by atoms with van der Waals surface area (Å²) in [5.41, 5.74) is 6.84. The molecule has 1 saturated heterocycles. The van der Waals surface area contributed by atoms with Crippen molar-refractivity contribution < 1.29 is 4.79 Å². The Morgan fingerprint density at radius 1 is 1.10 bits per heavy atom. The van der Waals surface area contributed by atoms with Crippen molar-refractivity contribution >= 4 is 22.6 Å². The fourth-order valence-electron chi connectivity index (χ4n) is 4.57. The Balaban J connectivity index is 1.40. The van der Waals surface area contributed by atoms with Crippen molar-refractivity contribution in [2.24, 2.45) is 0 Å². The van der Waals surface area contributed by atoms with Gasteiger partial charge in [0.05, 0.1) is 6.20 Å². The zero-order valence-corrected chi connectivity index (χ0v) is 19.4. The van der Waals surface area contributed by atoms with Crippen molar-refractivity contribution in [2.45, 2.75) is 53.5 Å². The average molecular weight is 420 g/mol. The molecule has 1 fully saturated rings. The molecule has 1 aromatic carbocycles. The Bertz CT molecular complexity index is 1090. The third kappa shape index (κ3) is 4.29. The minimum atomic E-state index is 0.237. The van der Waals surface area contributed by atoms with Crippen LogP contribution in [-0.2, 0) is 11.2 Å². The lowest BCUT2D eigenvalue weighted by molar-refractivity contribution is -0.131. The summed E-state index contributed by atoms with van der Waals surface area (Å²) in [5.74, 6) is 0.237. The molecule has 3 aromatic rings. The molecular formula is C25H33N5O. The van der Waals surface area contributed by atoms with Gasteiger partial charge in [-0.05, 0) is 69.9 Å². The summed E-state index contributed by atoms with van der Waals surface area (Å²) in [6.07, 6.45) is 3.16. The molecular weight excluding hydrogens is 386 g/mol. The monoisotopic (exact) mass is 419 g/mol. The number of fused-ring (bicyclic) bond motifs is 1. The smallest absolute Gasteiger partial charge is 0.223 e. The second kappa shape index (κ2) is 8.69. The maximum atomic E-state index is 12.9. The van der Waals surface area contributed by atoms with Gasteiger partial charge in [-0.2, -0.15) is 5.10 Å². The average Bonchev–Trinajstić information content (AvgIpc) is 3.18. The molecule has 0 unspecified atom stereocenters. The van der Waals surface area contributed by atoms with Crippen molar-refractivity contribution in [1.29, 1.82) is 0 Å². The highest BCUT2D eigenvalue weighted by Gasteiger charge is 2.22. The van der Waals surface area contributed by atoms with E-state index in [1.54, 1.807) is 0 Å². The van der Waals surface area contributed by atoms with E-state index in [2.05, 4.69) is 62.0 Å². The number of carbonyl (C=O) groups is 1. The largest absolute Gasteiger partial charge is 0.368 e. The standard InChI is InChI=1S/C25H33N5O/c1-17(2)30-25-23(16-26-30)19(4)22(20(5)27-25)9-10-24(31)29-13-11-28(12-14-29)21-8-6-7-18(3)15-21/h6-8,15-17H,9-14H2,1-5H3. The third-order valence-electron chi connectivity index (χ3n) is 6.41. The first-order valence-electron chi connectivity index (χ1n) is 11.3. The van der Waals surface area contributed by atoms with Crippen molar-refractivity contribution in [3.63, 3.8) is 0 Å². The maximum absolute atomic E-state index is 12.9. The number of piperazine rings is 1. The quantitative estimate of drug-likeness (QED) is 0.621.